The lowest BCUT2D eigenvalue weighted by molar-refractivity contribution is 0.102. The van der Waals surface area contributed by atoms with Crippen LogP contribution in [-0.4, -0.2) is 15.9 Å². The molecule has 1 amide bonds. The zero-order valence-corrected chi connectivity index (χ0v) is 12.4. The van der Waals surface area contributed by atoms with Crippen LogP contribution in [0.4, 0.5) is 5.95 Å². The molecule has 0 atom stereocenters. The predicted octanol–water partition coefficient (Wildman–Crippen LogP) is 3.68. The lowest BCUT2D eigenvalue weighted by atomic mass is 9.83. The van der Waals surface area contributed by atoms with Crippen LogP contribution in [0.5, 0.6) is 0 Å². The van der Waals surface area contributed by atoms with Gasteiger partial charge >= 0.3 is 0 Å². The Balaban J connectivity index is 2.31. The molecule has 0 saturated carbocycles. The molecule has 20 heavy (non-hydrogen) atoms. The van der Waals surface area contributed by atoms with Gasteiger partial charge in [0.25, 0.3) is 5.91 Å². The Morgan fingerprint density at radius 3 is 2.55 bits per heavy atom. The van der Waals surface area contributed by atoms with E-state index in [1.165, 1.54) is 6.20 Å². The van der Waals surface area contributed by atoms with Crippen LogP contribution in [0.2, 0.25) is 5.15 Å². The Morgan fingerprint density at radius 2 is 1.90 bits per heavy atom. The summed E-state index contributed by atoms with van der Waals surface area (Å²) in [5, 5.41) is 2.96. The maximum atomic E-state index is 12.4. The third-order valence-corrected chi connectivity index (χ3v) is 3.04. The molecule has 0 saturated heterocycles. The topological polar surface area (TPSA) is 54.9 Å². The first-order chi connectivity index (χ1) is 9.38. The minimum absolute atomic E-state index is 0.122. The second kappa shape index (κ2) is 5.59. The van der Waals surface area contributed by atoms with E-state index in [1.807, 2.05) is 18.2 Å². The molecule has 0 aliphatic heterocycles. The number of halogens is 1. The number of benzene rings is 1. The molecule has 0 bridgehead atoms. The molecule has 1 aromatic carbocycles. The van der Waals surface area contributed by atoms with Crippen LogP contribution in [0.1, 0.15) is 36.7 Å². The summed E-state index contributed by atoms with van der Waals surface area (Å²) >= 11 is 5.78. The van der Waals surface area contributed by atoms with Crippen LogP contribution in [0.25, 0.3) is 0 Å². The van der Waals surface area contributed by atoms with Gasteiger partial charge in [0.1, 0.15) is 5.15 Å². The van der Waals surface area contributed by atoms with Crippen LogP contribution >= 0.6 is 11.6 Å². The van der Waals surface area contributed by atoms with Crippen molar-refractivity contribution in [1.82, 2.24) is 9.97 Å². The summed E-state index contributed by atoms with van der Waals surface area (Å²) in [6.07, 6.45) is 1.50. The van der Waals surface area contributed by atoms with Gasteiger partial charge in [0.15, 0.2) is 0 Å². The highest BCUT2D eigenvalue weighted by atomic mass is 35.5. The minimum Gasteiger partial charge on any atom is -0.290 e. The quantitative estimate of drug-likeness (QED) is 0.858. The number of anilines is 1. The smallest absolute Gasteiger partial charge is 0.258 e. The van der Waals surface area contributed by atoms with Crippen molar-refractivity contribution in [2.75, 3.05) is 5.32 Å². The van der Waals surface area contributed by atoms with Crippen molar-refractivity contribution in [3.8, 4) is 0 Å². The maximum absolute atomic E-state index is 12.4. The van der Waals surface area contributed by atoms with E-state index in [2.05, 4.69) is 36.1 Å². The van der Waals surface area contributed by atoms with Crippen molar-refractivity contribution in [3.63, 3.8) is 0 Å². The minimum atomic E-state index is -0.238. The number of rotatable bonds is 2. The molecule has 1 heterocycles. The number of carbonyl (C=O) groups excluding carboxylic acids is 1. The molecule has 0 fully saturated rings. The third-order valence-electron chi connectivity index (χ3n) is 2.83. The van der Waals surface area contributed by atoms with Crippen LogP contribution in [0.3, 0.4) is 0 Å². The number of amides is 1. The van der Waals surface area contributed by atoms with Gasteiger partial charge in [-0.1, -0.05) is 50.6 Å². The monoisotopic (exact) mass is 289 g/mol. The lowest BCUT2D eigenvalue weighted by Gasteiger charge is -2.22. The number of nitrogens with zero attached hydrogens (tertiary/aromatic N) is 2. The summed E-state index contributed by atoms with van der Waals surface area (Å²) in [5.41, 5.74) is 1.46. The summed E-state index contributed by atoms with van der Waals surface area (Å²) in [6, 6.07) is 9.06. The van der Waals surface area contributed by atoms with E-state index in [9.17, 15) is 4.79 Å². The number of carbonyl (C=O) groups is 1. The Kier molecular flexibility index (Phi) is 4.04. The third kappa shape index (κ3) is 3.33. The maximum Gasteiger partial charge on any atom is 0.258 e. The summed E-state index contributed by atoms with van der Waals surface area (Å²) in [4.78, 5) is 20.3. The van der Waals surface area contributed by atoms with Gasteiger partial charge in [0, 0.05) is 11.8 Å². The van der Waals surface area contributed by atoms with E-state index in [4.69, 9.17) is 11.6 Å². The van der Waals surface area contributed by atoms with Crippen molar-refractivity contribution < 1.29 is 4.79 Å². The highest BCUT2D eigenvalue weighted by molar-refractivity contribution is 6.29. The van der Waals surface area contributed by atoms with Crippen molar-refractivity contribution >= 4 is 23.5 Å². The highest BCUT2D eigenvalue weighted by Crippen LogP contribution is 2.26. The Hall–Kier alpha value is -1.94. The van der Waals surface area contributed by atoms with Crippen LogP contribution < -0.4 is 5.32 Å². The molecule has 0 spiro atoms. The number of aromatic nitrogens is 2. The average Bonchev–Trinajstić information content (AvgIpc) is 2.37. The van der Waals surface area contributed by atoms with Gasteiger partial charge in [-0.3, -0.25) is 10.1 Å². The zero-order valence-electron chi connectivity index (χ0n) is 11.6. The van der Waals surface area contributed by atoms with Crippen LogP contribution in [0, 0.1) is 0 Å². The first-order valence-electron chi connectivity index (χ1n) is 6.27. The molecule has 4 nitrogen and oxygen atoms in total. The fourth-order valence-electron chi connectivity index (χ4n) is 1.90. The van der Waals surface area contributed by atoms with Gasteiger partial charge in [-0.05, 0) is 23.1 Å². The fourth-order valence-corrected chi connectivity index (χ4v) is 2.04. The van der Waals surface area contributed by atoms with E-state index >= 15 is 0 Å². The number of nitrogens with one attached hydrogen (secondary N) is 1. The van der Waals surface area contributed by atoms with Crippen molar-refractivity contribution in [1.29, 1.82) is 0 Å². The van der Waals surface area contributed by atoms with Gasteiger partial charge in [0.05, 0.1) is 0 Å². The normalized spacial score (nSPS) is 11.2. The van der Waals surface area contributed by atoms with E-state index in [0.29, 0.717) is 10.7 Å². The molecule has 2 rings (SSSR count). The zero-order chi connectivity index (χ0) is 14.8. The second-order valence-electron chi connectivity index (χ2n) is 5.45. The fraction of sp³-hybridized carbons (Fsp3) is 0.267. The Morgan fingerprint density at radius 1 is 1.20 bits per heavy atom. The van der Waals surface area contributed by atoms with Crippen molar-refractivity contribution in [2.45, 2.75) is 26.2 Å². The largest absolute Gasteiger partial charge is 0.290 e. The molecule has 0 aliphatic carbocycles. The Bertz CT molecular complexity index is 635. The van der Waals surface area contributed by atoms with Crippen molar-refractivity contribution in [2.24, 2.45) is 0 Å². The first-order valence-corrected chi connectivity index (χ1v) is 6.65. The van der Waals surface area contributed by atoms with E-state index < -0.39 is 0 Å². The molecular weight excluding hydrogens is 274 g/mol. The molecule has 0 aliphatic rings. The molecular formula is C15H16ClN3O. The molecule has 104 valence electrons. The summed E-state index contributed by atoms with van der Waals surface area (Å²) in [6.45, 7) is 6.19. The van der Waals surface area contributed by atoms with Crippen molar-refractivity contribution in [3.05, 3.63) is 52.8 Å². The molecule has 0 unspecified atom stereocenters. The van der Waals surface area contributed by atoms with Gasteiger partial charge in [0.2, 0.25) is 5.95 Å². The first kappa shape index (κ1) is 14.5. The van der Waals surface area contributed by atoms with E-state index in [1.54, 1.807) is 12.1 Å². The van der Waals surface area contributed by atoms with Gasteiger partial charge < -0.3 is 0 Å². The molecule has 2 aromatic rings. The summed E-state index contributed by atoms with van der Waals surface area (Å²) in [7, 11) is 0. The van der Waals surface area contributed by atoms with Crippen LogP contribution in [0.15, 0.2) is 36.5 Å². The van der Waals surface area contributed by atoms with Gasteiger partial charge in [-0.15, -0.1) is 0 Å². The lowest BCUT2D eigenvalue weighted by Crippen LogP contribution is -2.21. The molecule has 1 aromatic heterocycles. The standard InChI is InChI=1S/C15H16ClN3O/c1-15(2,3)11-7-5-4-6-10(11)13(20)19-14-17-9-8-12(16)18-14/h4-9H,1-3H3,(H,17,18,19,20). The van der Waals surface area contributed by atoms with Crippen LogP contribution in [-0.2, 0) is 5.41 Å². The second-order valence-corrected chi connectivity index (χ2v) is 5.84. The molecule has 0 radical (unpaired) electrons. The highest BCUT2D eigenvalue weighted by Gasteiger charge is 2.21. The SMILES string of the molecule is CC(C)(C)c1ccccc1C(=O)Nc1nccc(Cl)n1. The summed E-state index contributed by atoms with van der Waals surface area (Å²) in [5.74, 6) is -0.0380. The Labute approximate surface area is 123 Å². The predicted molar refractivity (Wildman–Crippen MR) is 80.1 cm³/mol. The van der Waals surface area contributed by atoms with E-state index in [-0.39, 0.29) is 17.3 Å². The molecule has 5 heteroatoms. The van der Waals surface area contributed by atoms with E-state index in [0.717, 1.165) is 5.56 Å². The average molecular weight is 290 g/mol. The van der Waals surface area contributed by atoms with Gasteiger partial charge in [-0.25, -0.2) is 9.97 Å². The van der Waals surface area contributed by atoms with Gasteiger partial charge in [-0.2, -0.15) is 0 Å². The number of hydrogen-bond donors (Lipinski definition) is 1. The number of hydrogen-bond acceptors (Lipinski definition) is 3. The summed E-state index contributed by atoms with van der Waals surface area (Å²) < 4.78 is 0. The molecule has 1 N–H and O–H groups in total.